The fraction of sp³-hybridized carbons (Fsp3) is 0.217. The van der Waals surface area contributed by atoms with Crippen LogP contribution in [0.2, 0.25) is 0 Å². The lowest BCUT2D eigenvalue weighted by Gasteiger charge is -2.17. The van der Waals surface area contributed by atoms with Gasteiger partial charge in [-0.25, -0.2) is 4.98 Å². The standard InChI is InChI=1S/C23H23N3O2/c1-3-26-15-21-20(23(26)27)13-14-24-22(21)25-16(2)17-9-11-19(12-10-17)28-18-7-5-4-6-8-18/h4-14,16H,3,15H2,1-2H3,(H,24,25). The van der Waals surface area contributed by atoms with Crippen LogP contribution in [-0.4, -0.2) is 22.3 Å². The fourth-order valence-electron chi connectivity index (χ4n) is 3.40. The van der Waals surface area contributed by atoms with Crippen molar-refractivity contribution in [1.29, 1.82) is 0 Å². The molecule has 1 amide bonds. The van der Waals surface area contributed by atoms with Crippen LogP contribution in [0.5, 0.6) is 11.5 Å². The number of fused-ring (bicyclic) bond motifs is 1. The SMILES string of the molecule is CCN1Cc2c(ccnc2NC(C)c2ccc(Oc3ccccc3)cc2)C1=O. The average molecular weight is 373 g/mol. The summed E-state index contributed by atoms with van der Waals surface area (Å²) in [7, 11) is 0. The first-order chi connectivity index (χ1) is 13.7. The molecule has 1 aliphatic heterocycles. The number of para-hydroxylation sites is 1. The summed E-state index contributed by atoms with van der Waals surface area (Å²) in [4.78, 5) is 18.7. The molecular weight excluding hydrogens is 350 g/mol. The molecule has 5 heteroatoms. The Morgan fingerprint density at radius 3 is 2.50 bits per heavy atom. The molecule has 142 valence electrons. The zero-order valence-corrected chi connectivity index (χ0v) is 16.1. The minimum Gasteiger partial charge on any atom is -0.457 e. The van der Waals surface area contributed by atoms with E-state index < -0.39 is 0 Å². The van der Waals surface area contributed by atoms with Crippen LogP contribution >= 0.6 is 0 Å². The molecule has 0 radical (unpaired) electrons. The third kappa shape index (κ3) is 3.56. The van der Waals surface area contributed by atoms with Gasteiger partial charge < -0.3 is 15.0 Å². The van der Waals surface area contributed by atoms with E-state index in [0.717, 1.165) is 34.0 Å². The van der Waals surface area contributed by atoms with E-state index in [-0.39, 0.29) is 11.9 Å². The molecule has 0 aliphatic carbocycles. The predicted molar refractivity (Wildman–Crippen MR) is 110 cm³/mol. The van der Waals surface area contributed by atoms with Crippen molar-refractivity contribution in [2.24, 2.45) is 0 Å². The number of nitrogens with zero attached hydrogens (tertiary/aromatic N) is 2. The van der Waals surface area contributed by atoms with Gasteiger partial charge in [-0.05, 0) is 49.7 Å². The van der Waals surface area contributed by atoms with Crippen molar-refractivity contribution < 1.29 is 9.53 Å². The number of carbonyl (C=O) groups is 1. The largest absolute Gasteiger partial charge is 0.457 e. The van der Waals surface area contributed by atoms with Gasteiger partial charge in [0.2, 0.25) is 0 Å². The maximum atomic E-state index is 12.4. The molecule has 1 aliphatic rings. The lowest BCUT2D eigenvalue weighted by molar-refractivity contribution is 0.0787. The smallest absolute Gasteiger partial charge is 0.254 e. The number of rotatable bonds is 6. The van der Waals surface area contributed by atoms with Crippen molar-refractivity contribution in [3.63, 3.8) is 0 Å². The molecule has 1 N–H and O–H groups in total. The molecule has 1 unspecified atom stereocenters. The summed E-state index contributed by atoms with van der Waals surface area (Å²) in [6.45, 7) is 5.39. The zero-order valence-electron chi connectivity index (χ0n) is 16.1. The van der Waals surface area contributed by atoms with E-state index in [4.69, 9.17) is 4.74 Å². The van der Waals surface area contributed by atoms with Crippen LogP contribution in [0.15, 0.2) is 66.9 Å². The number of nitrogens with one attached hydrogen (secondary N) is 1. The number of carbonyl (C=O) groups excluding carboxylic acids is 1. The molecule has 3 aromatic rings. The Morgan fingerprint density at radius 2 is 1.79 bits per heavy atom. The Morgan fingerprint density at radius 1 is 1.07 bits per heavy atom. The number of anilines is 1. The molecule has 0 saturated carbocycles. The summed E-state index contributed by atoms with van der Waals surface area (Å²) in [5.41, 5.74) is 2.85. The van der Waals surface area contributed by atoms with Crippen molar-refractivity contribution in [1.82, 2.24) is 9.88 Å². The molecule has 0 bridgehead atoms. The highest BCUT2D eigenvalue weighted by Crippen LogP contribution is 2.30. The fourth-order valence-corrected chi connectivity index (χ4v) is 3.40. The number of aromatic nitrogens is 1. The van der Waals surface area contributed by atoms with Crippen molar-refractivity contribution in [3.05, 3.63) is 83.6 Å². The molecule has 0 fully saturated rings. The van der Waals surface area contributed by atoms with E-state index in [1.807, 2.05) is 66.4 Å². The van der Waals surface area contributed by atoms with Crippen LogP contribution < -0.4 is 10.1 Å². The topological polar surface area (TPSA) is 54.5 Å². The number of hydrogen-bond acceptors (Lipinski definition) is 4. The maximum Gasteiger partial charge on any atom is 0.254 e. The first-order valence-electron chi connectivity index (χ1n) is 9.52. The van der Waals surface area contributed by atoms with E-state index in [9.17, 15) is 4.79 Å². The Hall–Kier alpha value is -3.34. The van der Waals surface area contributed by atoms with Gasteiger partial charge >= 0.3 is 0 Å². The van der Waals surface area contributed by atoms with Crippen LogP contribution in [-0.2, 0) is 6.54 Å². The Kier molecular flexibility index (Phi) is 4.98. The molecule has 1 atom stereocenters. The molecule has 28 heavy (non-hydrogen) atoms. The van der Waals surface area contributed by atoms with Gasteiger partial charge in [0.1, 0.15) is 17.3 Å². The third-order valence-corrected chi connectivity index (χ3v) is 5.02. The number of ether oxygens (including phenoxy) is 1. The second kappa shape index (κ2) is 7.72. The van der Waals surface area contributed by atoms with Crippen molar-refractivity contribution in [2.75, 3.05) is 11.9 Å². The van der Waals surface area contributed by atoms with Gasteiger partial charge in [-0.15, -0.1) is 0 Å². The van der Waals surface area contributed by atoms with E-state index >= 15 is 0 Å². The zero-order chi connectivity index (χ0) is 19.5. The summed E-state index contributed by atoms with van der Waals surface area (Å²) >= 11 is 0. The maximum absolute atomic E-state index is 12.4. The van der Waals surface area contributed by atoms with E-state index in [2.05, 4.69) is 17.2 Å². The molecule has 0 spiro atoms. The van der Waals surface area contributed by atoms with Crippen molar-refractivity contribution in [3.8, 4) is 11.5 Å². The first-order valence-corrected chi connectivity index (χ1v) is 9.52. The van der Waals surface area contributed by atoms with Gasteiger partial charge in [-0.2, -0.15) is 0 Å². The number of hydrogen-bond donors (Lipinski definition) is 1. The van der Waals surface area contributed by atoms with Gasteiger partial charge in [0.25, 0.3) is 5.91 Å². The molecule has 5 nitrogen and oxygen atoms in total. The van der Waals surface area contributed by atoms with Crippen LogP contribution in [0.25, 0.3) is 0 Å². The molecular formula is C23H23N3O2. The van der Waals surface area contributed by atoms with Gasteiger partial charge in [0.15, 0.2) is 0 Å². The third-order valence-electron chi connectivity index (χ3n) is 5.02. The van der Waals surface area contributed by atoms with E-state index in [0.29, 0.717) is 13.1 Å². The lowest BCUT2D eigenvalue weighted by Crippen LogP contribution is -2.22. The minimum atomic E-state index is 0.0514. The summed E-state index contributed by atoms with van der Waals surface area (Å²) in [6, 6.07) is 19.6. The summed E-state index contributed by atoms with van der Waals surface area (Å²) in [5, 5.41) is 3.46. The molecule has 0 saturated heterocycles. The summed E-state index contributed by atoms with van der Waals surface area (Å²) < 4.78 is 5.85. The highest BCUT2D eigenvalue weighted by atomic mass is 16.5. The van der Waals surface area contributed by atoms with Crippen molar-refractivity contribution in [2.45, 2.75) is 26.4 Å². The Balaban J connectivity index is 1.48. The number of benzene rings is 2. The molecule has 4 rings (SSSR count). The van der Waals surface area contributed by atoms with E-state index in [1.54, 1.807) is 12.3 Å². The quantitative estimate of drug-likeness (QED) is 0.659. The molecule has 2 heterocycles. The van der Waals surface area contributed by atoms with Gasteiger partial charge in [0, 0.05) is 29.9 Å². The molecule has 1 aromatic heterocycles. The van der Waals surface area contributed by atoms with E-state index in [1.165, 1.54) is 0 Å². The van der Waals surface area contributed by atoms with Crippen LogP contribution in [0.4, 0.5) is 5.82 Å². The first kappa shape index (κ1) is 18.0. The second-order valence-corrected chi connectivity index (χ2v) is 6.86. The van der Waals surface area contributed by atoms with Crippen LogP contribution in [0.3, 0.4) is 0 Å². The minimum absolute atomic E-state index is 0.0514. The normalized spacial score (nSPS) is 13.9. The van der Waals surface area contributed by atoms with Gasteiger partial charge in [-0.3, -0.25) is 4.79 Å². The van der Waals surface area contributed by atoms with Crippen molar-refractivity contribution >= 4 is 11.7 Å². The highest BCUT2D eigenvalue weighted by molar-refractivity contribution is 5.99. The lowest BCUT2D eigenvalue weighted by atomic mass is 10.1. The monoisotopic (exact) mass is 373 g/mol. The van der Waals surface area contributed by atoms with Gasteiger partial charge in [0.05, 0.1) is 6.54 Å². The second-order valence-electron chi connectivity index (χ2n) is 6.86. The average Bonchev–Trinajstić information content (AvgIpc) is 3.06. The Bertz CT molecular complexity index is 971. The predicted octanol–water partition coefficient (Wildman–Crippen LogP) is 5.02. The van der Waals surface area contributed by atoms with Gasteiger partial charge in [-0.1, -0.05) is 30.3 Å². The number of pyridine rings is 1. The van der Waals surface area contributed by atoms with Crippen LogP contribution in [0, 0.1) is 0 Å². The molecule has 2 aromatic carbocycles. The number of amides is 1. The Labute approximate surface area is 165 Å². The highest BCUT2D eigenvalue weighted by Gasteiger charge is 2.29. The summed E-state index contributed by atoms with van der Waals surface area (Å²) in [5.74, 6) is 2.47. The van der Waals surface area contributed by atoms with Crippen LogP contribution in [0.1, 0.15) is 41.4 Å². The summed E-state index contributed by atoms with van der Waals surface area (Å²) in [6.07, 6.45) is 1.70.